The van der Waals surface area contributed by atoms with E-state index in [2.05, 4.69) is 10.2 Å². The van der Waals surface area contributed by atoms with Crippen LogP contribution in [0.15, 0.2) is 30.3 Å². The van der Waals surface area contributed by atoms with E-state index in [9.17, 15) is 18.7 Å². The summed E-state index contributed by atoms with van der Waals surface area (Å²) in [5.74, 6) is 0.540. The molecule has 5 N–H and O–H groups in total. The maximum atomic E-state index is 12.4. The molecule has 2 saturated heterocycles. The third kappa shape index (κ3) is 6.46. The van der Waals surface area contributed by atoms with Gasteiger partial charge >= 0.3 is 0 Å². The summed E-state index contributed by atoms with van der Waals surface area (Å²) in [6.07, 6.45) is 6.50. The minimum atomic E-state index is -2.40. The quantitative estimate of drug-likeness (QED) is 0.265. The van der Waals surface area contributed by atoms with Gasteiger partial charge in [0.1, 0.15) is 0 Å². The molecule has 3 rings (SSSR count). The van der Waals surface area contributed by atoms with Crippen LogP contribution in [0.2, 0.25) is 0 Å². The second-order valence-corrected chi connectivity index (χ2v) is 10.5. The third-order valence-corrected chi connectivity index (χ3v) is 7.62. The molecule has 1 aromatic carbocycles. The van der Waals surface area contributed by atoms with Gasteiger partial charge in [-0.05, 0) is 49.3 Å². The van der Waals surface area contributed by atoms with E-state index in [1.807, 2.05) is 24.3 Å². The zero-order chi connectivity index (χ0) is 21.6. The van der Waals surface area contributed by atoms with Crippen LogP contribution >= 0.6 is 10.6 Å². The van der Waals surface area contributed by atoms with Gasteiger partial charge in [-0.15, -0.1) is 0 Å². The largest absolute Gasteiger partial charge is 0.371 e. The number of rotatable bonds is 6. The summed E-state index contributed by atoms with van der Waals surface area (Å²) in [6.45, 7) is 1.60. The van der Waals surface area contributed by atoms with Crippen molar-refractivity contribution in [1.29, 1.82) is 0 Å². The average Bonchev–Trinajstić information content (AvgIpc) is 2.74. The van der Waals surface area contributed by atoms with Crippen molar-refractivity contribution in [1.82, 2.24) is 10.8 Å². The van der Waals surface area contributed by atoms with E-state index in [0.717, 1.165) is 37.2 Å². The Bertz CT molecular complexity index is 768. The second kappa shape index (κ2) is 10.3. The number of hydrogen-bond acceptors (Lipinski definition) is 6. The number of nitrogens with zero attached hydrogens (tertiary/aromatic N) is 1. The van der Waals surface area contributed by atoms with Gasteiger partial charge in [0.15, 0.2) is 0 Å². The Morgan fingerprint density at radius 1 is 1.10 bits per heavy atom. The first-order valence-electron chi connectivity index (χ1n) is 10.4. The fourth-order valence-corrected chi connectivity index (χ4v) is 5.72. The van der Waals surface area contributed by atoms with Crippen LogP contribution in [0.5, 0.6) is 0 Å². The molecule has 0 unspecified atom stereocenters. The maximum Gasteiger partial charge on any atom is 0.267 e. The van der Waals surface area contributed by atoms with Gasteiger partial charge in [0.2, 0.25) is 5.91 Å². The van der Waals surface area contributed by atoms with Gasteiger partial charge in [0.25, 0.3) is 5.91 Å². The molecule has 2 fully saturated rings. The number of carbonyl (C=O) groups is 2. The minimum absolute atomic E-state index is 0.0511. The van der Waals surface area contributed by atoms with Gasteiger partial charge in [0.05, 0.1) is 0 Å². The monoisotopic (exact) mass is 437 g/mol. The number of piperidine rings is 1. The van der Waals surface area contributed by atoms with Gasteiger partial charge in [-0.25, -0.2) is 5.48 Å². The van der Waals surface area contributed by atoms with E-state index in [4.69, 9.17) is 5.21 Å². The molecule has 0 spiro atoms. The van der Waals surface area contributed by atoms with Crippen LogP contribution < -0.4 is 15.7 Å². The van der Waals surface area contributed by atoms with Gasteiger partial charge < -0.3 is 10.2 Å². The molecule has 2 aliphatic rings. The molecule has 0 atom stereocenters. The molecular weight excluding hydrogens is 406 g/mol. The SMILES string of the molecule is O=C(C=Cc1ccccc1N1CCC(NC(=O)CC2CCS(O)(O)CC2)CC1)NO. The van der Waals surface area contributed by atoms with Crippen LogP contribution in [0.25, 0.3) is 6.08 Å². The van der Waals surface area contributed by atoms with Gasteiger partial charge in [0, 0.05) is 48.8 Å². The molecule has 30 heavy (non-hydrogen) atoms. The van der Waals surface area contributed by atoms with Gasteiger partial charge in [-0.3, -0.25) is 23.9 Å². The van der Waals surface area contributed by atoms with Crippen LogP contribution in [0.3, 0.4) is 0 Å². The van der Waals surface area contributed by atoms with E-state index >= 15 is 0 Å². The minimum Gasteiger partial charge on any atom is -0.371 e. The smallest absolute Gasteiger partial charge is 0.267 e. The third-order valence-electron chi connectivity index (χ3n) is 5.84. The Balaban J connectivity index is 1.48. The lowest BCUT2D eigenvalue weighted by Crippen LogP contribution is -2.45. The van der Waals surface area contributed by atoms with E-state index in [1.54, 1.807) is 11.6 Å². The van der Waals surface area contributed by atoms with E-state index in [1.165, 1.54) is 6.08 Å². The van der Waals surface area contributed by atoms with Gasteiger partial charge in [-0.2, -0.15) is 10.6 Å². The highest BCUT2D eigenvalue weighted by Crippen LogP contribution is 2.46. The standard InChI is InChI=1S/C21H31N3O5S/c25-20(23-27)6-5-17-3-1-2-4-19(17)24-11-7-18(8-12-24)22-21(26)15-16-9-13-30(28,29)14-10-16/h1-6,16,18,27-29H,7-15H2,(H,22,26)(H,23,25). The number of para-hydroxylation sites is 1. The van der Waals surface area contributed by atoms with Crippen molar-refractivity contribution in [3.63, 3.8) is 0 Å². The zero-order valence-electron chi connectivity index (χ0n) is 17.0. The normalized spacial score (nSPS) is 21.4. The summed E-state index contributed by atoms with van der Waals surface area (Å²) in [5, 5.41) is 11.8. The van der Waals surface area contributed by atoms with Crippen molar-refractivity contribution < 1.29 is 23.9 Å². The number of benzene rings is 1. The number of carbonyl (C=O) groups excluding carboxylic acids is 2. The molecular formula is C21H31N3O5S. The average molecular weight is 438 g/mol. The predicted molar refractivity (Wildman–Crippen MR) is 119 cm³/mol. The Morgan fingerprint density at radius 3 is 2.43 bits per heavy atom. The predicted octanol–water partition coefficient (Wildman–Crippen LogP) is 2.84. The molecule has 9 heteroatoms. The summed E-state index contributed by atoms with van der Waals surface area (Å²) < 4.78 is 19.4. The van der Waals surface area contributed by atoms with E-state index < -0.39 is 16.5 Å². The maximum absolute atomic E-state index is 12.4. The highest BCUT2D eigenvalue weighted by Gasteiger charge is 2.27. The first-order chi connectivity index (χ1) is 14.4. The van der Waals surface area contributed by atoms with Crippen molar-refractivity contribution in [3.05, 3.63) is 35.9 Å². The molecule has 2 amide bonds. The molecule has 1 aromatic rings. The van der Waals surface area contributed by atoms with Crippen molar-refractivity contribution in [2.24, 2.45) is 5.92 Å². The number of nitrogens with one attached hydrogen (secondary N) is 2. The summed E-state index contributed by atoms with van der Waals surface area (Å²) in [4.78, 5) is 25.9. The second-order valence-electron chi connectivity index (χ2n) is 8.05. The topological polar surface area (TPSA) is 122 Å². The Kier molecular flexibility index (Phi) is 7.76. The highest BCUT2D eigenvalue weighted by molar-refractivity contribution is 8.24. The highest BCUT2D eigenvalue weighted by atomic mass is 32.3. The molecule has 0 aliphatic carbocycles. The first-order valence-corrected chi connectivity index (χ1v) is 12.2. The van der Waals surface area contributed by atoms with E-state index in [-0.39, 0.29) is 17.9 Å². The molecule has 0 aromatic heterocycles. The Labute approximate surface area is 178 Å². The first kappa shape index (κ1) is 22.6. The lowest BCUT2D eigenvalue weighted by Gasteiger charge is -2.39. The molecule has 0 radical (unpaired) electrons. The molecule has 166 valence electrons. The van der Waals surface area contributed by atoms with Crippen molar-refractivity contribution >= 4 is 34.2 Å². The lowest BCUT2D eigenvalue weighted by molar-refractivity contribution is -0.124. The Hall–Kier alpha value is -2.07. The zero-order valence-corrected chi connectivity index (χ0v) is 17.8. The summed E-state index contributed by atoms with van der Waals surface area (Å²) >= 11 is 0. The summed E-state index contributed by atoms with van der Waals surface area (Å²) in [7, 11) is -2.40. The van der Waals surface area contributed by atoms with Crippen LogP contribution in [0.1, 0.15) is 37.7 Å². The van der Waals surface area contributed by atoms with Crippen LogP contribution in [-0.2, 0) is 9.59 Å². The fourth-order valence-electron chi connectivity index (χ4n) is 4.09. The number of hydroxylamine groups is 1. The van der Waals surface area contributed by atoms with Crippen LogP contribution in [0.4, 0.5) is 5.69 Å². The summed E-state index contributed by atoms with van der Waals surface area (Å²) in [6, 6.07) is 7.91. The van der Waals surface area contributed by atoms with Crippen LogP contribution in [0, 0.1) is 5.92 Å². The molecule has 2 aliphatic heterocycles. The molecule has 2 heterocycles. The Morgan fingerprint density at radius 2 is 1.77 bits per heavy atom. The van der Waals surface area contributed by atoms with E-state index in [0.29, 0.717) is 30.8 Å². The van der Waals surface area contributed by atoms with Crippen molar-refractivity contribution in [2.45, 2.75) is 38.1 Å². The van der Waals surface area contributed by atoms with Crippen molar-refractivity contribution in [2.75, 3.05) is 29.5 Å². The molecule has 8 nitrogen and oxygen atoms in total. The fraction of sp³-hybridized carbons (Fsp3) is 0.524. The van der Waals surface area contributed by atoms with Gasteiger partial charge in [-0.1, -0.05) is 18.2 Å². The molecule has 0 saturated carbocycles. The number of hydrogen-bond donors (Lipinski definition) is 5. The van der Waals surface area contributed by atoms with Crippen LogP contribution in [-0.4, -0.2) is 56.8 Å². The number of amides is 2. The summed E-state index contributed by atoms with van der Waals surface area (Å²) in [5.41, 5.74) is 3.50. The van der Waals surface area contributed by atoms with Crippen molar-refractivity contribution in [3.8, 4) is 0 Å². The number of anilines is 1. The molecule has 0 bridgehead atoms. The lowest BCUT2D eigenvalue weighted by atomic mass is 9.97.